The zero-order chi connectivity index (χ0) is 13.3. The van der Waals surface area contributed by atoms with Gasteiger partial charge in [0.05, 0.1) is 17.2 Å². The Labute approximate surface area is 115 Å². The monoisotopic (exact) mass is 313 g/mol. The molecule has 1 aliphatic heterocycles. The molecule has 0 saturated carbocycles. The molecule has 2 amide bonds. The predicted octanol–water partition coefficient (Wildman–Crippen LogP) is 1.68. The van der Waals surface area contributed by atoms with Gasteiger partial charge in [-0.1, -0.05) is 27.6 Å². The van der Waals surface area contributed by atoms with Crippen molar-refractivity contribution in [3.8, 4) is 0 Å². The maximum Gasteiger partial charge on any atom is 0.233 e. The van der Waals surface area contributed by atoms with E-state index in [0.717, 1.165) is 0 Å². The Morgan fingerprint density at radius 1 is 1.39 bits per heavy atom. The smallest absolute Gasteiger partial charge is 0.233 e. The lowest BCUT2D eigenvalue weighted by atomic mass is 9.82. The first kappa shape index (κ1) is 13.5. The van der Waals surface area contributed by atoms with E-state index in [1.807, 2.05) is 13.0 Å². The second-order valence-electron chi connectivity index (χ2n) is 4.95. The van der Waals surface area contributed by atoms with Crippen LogP contribution in [0.1, 0.15) is 26.2 Å². The lowest BCUT2D eigenvalue weighted by Gasteiger charge is -2.19. The molecule has 0 N–H and O–H groups in total. The third kappa shape index (κ3) is 2.41. The number of hydrogen-bond acceptors (Lipinski definition) is 3. The predicted molar refractivity (Wildman–Crippen MR) is 70.1 cm³/mol. The average Bonchev–Trinajstić information content (AvgIpc) is 2.59. The minimum atomic E-state index is -0.194. The van der Waals surface area contributed by atoms with E-state index in [9.17, 15) is 14.4 Å². The lowest BCUT2D eigenvalue weighted by molar-refractivity contribution is -0.140. The summed E-state index contributed by atoms with van der Waals surface area (Å²) in [6.07, 6.45) is 3.62. The number of ketones is 1. The molecule has 2 unspecified atom stereocenters. The Hall–Kier alpha value is -0.970. The normalized spacial score (nSPS) is 27.2. The number of fused-ring (bicyclic) bond motifs is 1. The number of rotatable bonds is 4. The van der Waals surface area contributed by atoms with Gasteiger partial charge in [-0.2, -0.15) is 0 Å². The fourth-order valence-corrected chi connectivity index (χ4v) is 2.91. The van der Waals surface area contributed by atoms with Crippen molar-refractivity contribution in [3.05, 3.63) is 11.6 Å². The highest BCUT2D eigenvalue weighted by Crippen LogP contribution is 2.37. The van der Waals surface area contributed by atoms with Crippen LogP contribution in [-0.2, 0) is 14.4 Å². The van der Waals surface area contributed by atoms with Gasteiger partial charge in [0, 0.05) is 13.0 Å². The number of nitrogens with zero attached hydrogens (tertiary/aromatic N) is 1. The molecular weight excluding hydrogens is 298 g/mol. The van der Waals surface area contributed by atoms with E-state index < -0.39 is 0 Å². The highest BCUT2D eigenvalue weighted by atomic mass is 79.9. The van der Waals surface area contributed by atoms with Crippen molar-refractivity contribution < 1.29 is 14.4 Å². The average molecular weight is 314 g/mol. The topological polar surface area (TPSA) is 54.5 Å². The van der Waals surface area contributed by atoms with Crippen molar-refractivity contribution in [1.82, 2.24) is 4.90 Å². The molecule has 1 aliphatic carbocycles. The van der Waals surface area contributed by atoms with Gasteiger partial charge >= 0.3 is 0 Å². The van der Waals surface area contributed by atoms with E-state index in [0.29, 0.717) is 12.8 Å². The van der Waals surface area contributed by atoms with Crippen LogP contribution in [0.5, 0.6) is 0 Å². The molecule has 4 nitrogen and oxygen atoms in total. The molecule has 0 aromatic carbocycles. The number of hydrogen-bond donors (Lipinski definition) is 0. The van der Waals surface area contributed by atoms with E-state index in [-0.39, 0.29) is 47.7 Å². The Kier molecular flexibility index (Phi) is 4.00. The molecular formula is C13H16BrNO3. The summed E-state index contributed by atoms with van der Waals surface area (Å²) in [5.74, 6) is -0.572. The Morgan fingerprint density at radius 3 is 2.72 bits per heavy atom. The van der Waals surface area contributed by atoms with Crippen LogP contribution >= 0.6 is 15.9 Å². The number of amides is 2. The van der Waals surface area contributed by atoms with Crippen LogP contribution in [0.15, 0.2) is 11.6 Å². The number of Topliss-reactive ketones (excluding diaryl/α,β-unsaturated/α-hetero) is 1. The molecule has 2 rings (SSSR count). The van der Waals surface area contributed by atoms with Crippen LogP contribution in [0.4, 0.5) is 0 Å². The van der Waals surface area contributed by atoms with Crippen molar-refractivity contribution in [2.75, 3.05) is 11.9 Å². The highest BCUT2D eigenvalue weighted by Gasteiger charge is 2.47. The molecule has 0 radical (unpaired) electrons. The molecule has 1 fully saturated rings. The third-order valence-electron chi connectivity index (χ3n) is 3.68. The zero-order valence-electron chi connectivity index (χ0n) is 10.3. The second kappa shape index (κ2) is 5.34. The molecule has 1 heterocycles. The second-order valence-corrected chi connectivity index (χ2v) is 5.51. The number of halogens is 1. The highest BCUT2D eigenvalue weighted by molar-refractivity contribution is 9.09. The van der Waals surface area contributed by atoms with Gasteiger partial charge in [0.2, 0.25) is 11.8 Å². The lowest BCUT2D eigenvalue weighted by Crippen LogP contribution is -2.33. The molecule has 18 heavy (non-hydrogen) atoms. The fraction of sp³-hybridized carbons (Fsp3) is 0.615. The zero-order valence-corrected chi connectivity index (χ0v) is 11.9. The van der Waals surface area contributed by atoms with Gasteiger partial charge in [0.1, 0.15) is 5.78 Å². The number of allylic oxidation sites excluding steroid dienone is 2. The van der Waals surface area contributed by atoms with Crippen molar-refractivity contribution in [3.63, 3.8) is 0 Å². The summed E-state index contributed by atoms with van der Waals surface area (Å²) in [5.41, 5.74) is 1.18. The SMILES string of the molecule is CC1=CCC2C(=O)N(CCC(=O)CBr)C(=O)C2C1. The summed E-state index contributed by atoms with van der Waals surface area (Å²) in [6.45, 7) is 2.22. The van der Waals surface area contributed by atoms with Crippen LogP contribution in [0.3, 0.4) is 0 Å². The molecule has 0 aromatic rings. The summed E-state index contributed by atoms with van der Waals surface area (Å²) in [7, 11) is 0. The third-order valence-corrected chi connectivity index (χ3v) is 4.30. The van der Waals surface area contributed by atoms with E-state index in [2.05, 4.69) is 15.9 Å². The first-order chi connectivity index (χ1) is 8.54. The summed E-state index contributed by atoms with van der Waals surface area (Å²) in [6, 6.07) is 0. The van der Waals surface area contributed by atoms with Gasteiger partial charge in [-0.15, -0.1) is 0 Å². The van der Waals surface area contributed by atoms with E-state index in [1.165, 1.54) is 10.5 Å². The van der Waals surface area contributed by atoms with Gasteiger partial charge in [0.25, 0.3) is 0 Å². The van der Waals surface area contributed by atoms with Crippen molar-refractivity contribution in [2.24, 2.45) is 11.8 Å². The van der Waals surface area contributed by atoms with E-state index >= 15 is 0 Å². The Balaban J connectivity index is 2.05. The summed E-state index contributed by atoms with van der Waals surface area (Å²) < 4.78 is 0. The molecule has 0 spiro atoms. The number of likely N-dealkylation sites (tertiary alicyclic amines) is 1. The van der Waals surface area contributed by atoms with Gasteiger partial charge in [0.15, 0.2) is 0 Å². The number of carbonyl (C=O) groups is 3. The summed E-state index contributed by atoms with van der Waals surface area (Å²) >= 11 is 3.08. The van der Waals surface area contributed by atoms with Crippen molar-refractivity contribution in [2.45, 2.75) is 26.2 Å². The number of imide groups is 1. The van der Waals surface area contributed by atoms with Gasteiger partial charge < -0.3 is 0 Å². The molecule has 0 bridgehead atoms. The largest absolute Gasteiger partial charge is 0.299 e. The first-order valence-corrected chi connectivity index (χ1v) is 7.25. The van der Waals surface area contributed by atoms with E-state index in [1.54, 1.807) is 0 Å². The van der Waals surface area contributed by atoms with E-state index in [4.69, 9.17) is 0 Å². The Bertz CT molecular complexity index is 430. The van der Waals surface area contributed by atoms with Crippen LogP contribution in [0.25, 0.3) is 0 Å². The van der Waals surface area contributed by atoms with Crippen LogP contribution in [0, 0.1) is 11.8 Å². The minimum Gasteiger partial charge on any atom is -0.299 e. The molecule has 1 saturated heterocycles. The van der Waals surface area contributed by atoms with Crippen molar-refractivity contribution >= 4 is 33.5 Å². The maximum absolute atomic E-state index is 12.2. The molecule has 2 atom stereocenters. The van der Waals surface area contributed by atoms with Crippen LogP contribution < -0.4 is 0 Å². The van der Waals surface area contributed by atoms with Gasteiger partial charge in [-0.3, -0.25) is 19.3 Å². The number of alkyl halides is 1. The number of carbonyl (C=O) groups excluding carboxylic acids is 3. The first-order valence-electron chi connectivity index (χ1n) is 6.13. The summed E-state index contributed by atoms with van der Waals surface area (Å²) in [5, 5.41) is 0.275. The maximum atomic E-state index is 12.2. The molecule has 5 heteroatoms. The Morgan fingerprint density at radius 2 is 2.06 bits per heavy atom. The summed E-state index contributed by atoms with van der Waals surface area (Å²) in [4.78, 5) is 36.8. The van der Waals surface area contributed by atoms with Gasteiger partial charge in [-0.05, 0) is 19.8 Å². The standard InChI is InChI=1S/C13H16BrNO3/c1-8-2-3-10-11(6-8)13(18)15(12(10)17)5-4-9(16)7-14/h2,10-11H,3-7H2,1H3. The molecule has 0 aromatic heterocycles. The van der Waals surface area contributed by atoms with Crippen LogP contribution in [0.2, 0.25) is 0 Å². The van der Waals surface area contributed by atoms with Crippen LogP contribution in [-0.4, -0.2) is 34.4 Å². The quantitative estimate of drug-likeness (QED) is 0.451. The van der Waals surface area contributed by atoms with Crippen molar-refractivity contribution in [1.29, 1.82) is 0 Å². The molecule has 98 valence electrons. The molecule has 2 aliphatic rings. The fourth-order valence-electron chi connectivity index (χ4n) is 2.63. The van der Waals surface area contributed by atoms with Gasteiger partial charge in [-0.25, -0.2) is 0 Å². The minimum absolute atomic E-state index is 0.0137.